The summed E-state index contributed by atoms with van der Waals surface area (Å²) in [5.41, 5.74) is -1.44. The van der Waals surface area contributed by atoms with Gasteiger partial charge in [-0.25, -0.2) is 9.10 Å². The first-order chi connectivity index (χ1) is 11.6. The van der Waals surface area contributed by atoms with Gasteiger partial charge in [-0.05, 0) is 36.4 Å². The van der Waals surface area contributed by atoms with Crippen molar-refractivity contribution < 1.29 is 28.0 Å². The van der Waals surface area contributed by atoms with Crippen LogP contribution in [0.2, 0.25) is 0 Å². The molecule has 11 heteroatoms. The van der Waals surface area contributed by atoms with Crippen LogP contribution in [-0.2, 0) is 6.18 Å². The fraction of sp³-hybridized carbons (Fsp3) is 0.0714. The Morgan fingerprint density at radius 3 is 2.32 bits per heavy atom. The van der Waals surface area contributed by atoms with E-state index in [1.807, 2.05) is 0 Å². The molecular formula is C14H10F3N3O4S. The zero-order valence-electron chi connectivity index (χ0n) is 12.2. The van der Waals surface area contributed by atoms with E-state index in [2.05, 4.69) is 18.1 Å². The molecule has 0 unspecified atom stereocenters. The molecule has 0 bridgehead atoms. The van der Waals surface area contributed by atoms with Gasteiger partial charge in [0.25, 0.3) is 0 Å². The molecule has 0 aliphatic rings. The third-order valence-electron chi connectivity index (χ3n) is 3.06. The molecule has 0 saturated heterocycles. The normalized spacial score (nSPS) is 11.0. The van der Waals surface area contributed by atoms with Gasteiger partial charge in [-0.1, -0.05) is 12.8 Å². The highest BCUT2D eigenvalue weighted by Crippen LogP contribution is 2.32. The fourth-order valence-electron chi connectivity index (χ4n) is 1.83. The van der Waals surface area contributed by atoms with Gasteiger partial charge in [-0.15, -0.1) is 0 Å². The number of nitrogens with one attached hydrogen (secondary N) is 1. The molecule has 0 fully saturated rings. The van der Waals surface area contributed by atoms with E-state index in [0.717, 1.165) is 36.4 Å². The number of phenols is 1. The van der Waals surface area contributed by atoms with Crippen LogP contribution < -0.4 is 9.62 Å². The number of carbonyl (C=O) groups is 1. The van der Waals surface area contributed by atoms with Gasteiger partial charge >= 0.3 is 17.9 Å². The molecular weight excluding hydrogens is 363 g/mol. The molecule has 0 spiro atoms. The standard InChI is InChI=1S/C14H10F3N3O4S/c15-14(16,17)8-1-3-9(4-2-8)18-13(22)19(25)10-5-6-12(21)11(7-10)20(23)24/h1-7,21,25H,(H,18,22). The van der Waals surface area contributed by atoms with E-state index in [0.29, 0.717) is 4.31 Å². The van der Waals surface area contributed by atoms with Crippen LogP contribution in [0.25, 0.3) is 0 Å². The number of hydrogen-bond donors (Lipinski definition) is 3. The molecule has 0 saturated carbocycles. The van der Waals surface area contributed by atoms with E-state index < -0.39 is 34.1 Å². The number of anilines is 2. The Balaban J connectivity index is 2.15. The smallest absolute Gasteiger partial charge is 0.416 e. The van der Waals surface area contributed by atoms with E-state index in [1.54, 1.807) is 0 Å². The van der Waals surface area contributed by atoms with Crippen LogP contribution in [0.5, 0.6) is 5.75 Å². The van der Waals surface area contributed by atoms with Crippen molar-refractivity contribution in [1.82, 2.24) is 0 Å². The molecule has 0 radical (unpaired) electrons. The Morgan fingerprint density at radius 1 is 1.20 bits per heavy atom. The highest BCUT2D eigenvalue weighted by molar-refractivity contribution is 7.82. The maximum Gasteiger partial charge on any atom is 0.416 e. The highest BCUT2D eigenvalue weighted by Gasteiger charge is 2.30. The molecule has 132 valence electrons. The number of aromatic hydroxyl groups is 1. The number of thiol groups is 1. The topological polar surface area (TPSA) is 95.7 Å². The van der Waals surface area contributed by atoms with Gasteiger partial charge in [0.1, 0.15) is 0 Å². The number of urea groups is 1. The molecule has 2 aromatic rings. The second kappa shape index (κ2) is 6.89. The van der Waals surface area contributed by atoms with Crippen LogP contribution in [-0.4, -0.2) is 16.1 Å². The average Bonchev–Trinajstić information content (AvgIpc) is 2.54. The predicted octanol–water partition coefficient (Wildman–Crippen LogP) is 4.20. The third kappa shape index (κ3) is 4.32. The molecule has 0 aliphatic heterocycles. The summed E-state index contributed by atoms with van der Waals surface area (Å²) >= 11 is 3.90. The molecule has 2 aromatic carbocycles. The number of alkyl halides is 3. The highest BCUT2D eigenvalue weighted by atomic mass is 32.1. The zero-order valence-corrected chi connectivity index (χ0v) is 13.1. The SMILES string of the molecule is O=C(Nc1ccc(C(F)(F)F)cc1)N(S)c1ccc(O)c([N+](=O)[O-])c1. The minimum Gasteiger partial charge on any atom is -0.502 e. The predicted molar refractivity (Wildman–Crippen MR) is 86.7 cm³/mol. The molecule has 2 amide bonds. The summed E-state index contributed by atoms with van der Waals surface area (Å²) in [6, 6.07) is 6.00. The lowest BCUT2D eigenvalue weighted by atomic mass is 10.2. The van der Waals surface area contributed by atoms with Crippen molar-refractivity contribution in [3.05, 3.63) is 58.1 Å². The van der Waals surface area contributed by atoms with Crippen LogP contribution in [0.1, 0.15) is 5.56 Å². The number of nitro groups is 1. The molecule has 7 nitrogen and oxygen atoms in total. The Labute approximate surface area is 144 Å². The van der Waals surface area contributed by atoms with Crippen molar-refractivity contribution in [1.29, 1.82) is 0 Å². The molecule has 0 aromatic heterocycles. The Morgan fingerprint density at radius 2 is 1.80 bits per heavy atom. The van der Waals surface area contributed by atoms with Crippen molar-refractivity contribution in [3.8, 4) is 5.75 Å². The lowest BCUT2D eigenvalue weighted by Crippen LogP contribution is -2.26. The van der Waals surface area contributed by atoms with Crippen molar-refractivity contribution in [3.63, 3.8) is 0 Å². The number of carbonyl (C=O) groups excluding carboxylic acids is 1. The quantitative estimate of drug-likeness (QED) is 0.427. The number of phenolic OH excluding ortho intramolecular Hbond substituents is 1. The van der Waals surface area contributed by atoms with Gasteiger partial charge in [0.15, 0.2) is 5.75 Å². The van der Waals surface area contributed by atoms with Gasteiger partial charge in [0, 0.05) is 11.8 Å². The summed E-state index contributed by atoms with van der Waals surface area (Å²) in [6.07, 6.45) is -4.50. The molecule has 0 atom stereocenters. The van der Waals surface area contributed by atoms with E-state index >= 15 is 0 Å². The number of hydrogen-bond acceptors (Lipinski definition) is 5. The third-order valence-corrected chi connectivity index (χ3v) is 3.47. The summed E-state index contributed by atoms with van der Waals surface area (Å²) in [5, 5.41) is 22.4. The van der Waals surface area contributed by atoms with Gasteiger partial charge < -0.3 is 10.4 Å². The van der Waals surface area contributed by atoms with Crippen molar-refractivity contribution in [2.45, 2.75) is 6.18 Å². The molecule has 0 aliphatic carbocycles. The number of benzene rings is 2. The van der Waals surface area contributed by atoms with Crippen LogP contribution in [0.4, 0.5) is 35.0 Å². The number of nitrogens with zero attached hydrogens (tertiary/aromatic N) is 2. The second-order valence-corrected chi connectivity index (χ2v) is 5.15. The van der Waals surface area contributed by atoms with Gasteiger partial charge in [0.05, 0.1) is 16.2 Å². The van der Waals surface area contributed by atoms with Crippen LogP contribution >= 0.6 is 12.8 Å². The second-order valence-electron chi connectivity index (χ2n) is 4.75. The fourth-order valence-corrected chi connectivity index (χ4v) is 2.00. The van der Waals surface area contributed by atoms with E-state index in [-0.39, 0.29) is 11.4 Å². The maximum atomic E-state index is 12.5. The lowest BCUT2D eigenvalue weighted by Gasteiger charge is -2.17. The van der Waals surface area contributed by atoms with Gasteiger partial charge in [0.2, 0.25) is 0 Å². The number of nitro benzene ring substituents is 1. The maximum absolute atomic E-state index is 12.5. The minimum absolute atomic E-state index is 0.0164. The van der Waals surface area contributed by atoms with Crippen LogP contribution in [0.15, 0.2) is 42.5 Å². The molecule has 2 N–H and O–H groups in total. The van der Waals surface area contributed by atoms with Gasteiger partial charge in [-0.2, -0.15) is 13.2 Å². The number of halogens is 3. The monoisotopic (exact) mass is 373 g/mol. The summed E-state index contributed by atoms with van der Waals surface area (Å²) in [7, 11) is 0. The van der Waals surface area contributed by atoms with E-state index in [9.17, 15) is 33.2 Å². The summed E-state index contributed by atoms with van der Waals surface area (Å²) in [6.45, 7) is 0. The van der Waals surface area contributed by atoms with E-state index in [4.69, 9.17) is 0 Å². The van der Waals surface area contributed by atoms with E-state index in [1.165, 1.54) is 6.07 Å². The zero-order chi connectivity index (χ0) is 18.8. The average molecular weight is 373 g/mol. The molecule has 2 rings (SSSR count). The number of amides is 2. The van der Waals surface area contributed by atoms with Gasteiger partial charge in [-0.3, -0.25) is 10.1 Å². The first kappa shape index (κ1) is 18.4. The molecule has 0 heterocycles. The summed E-state index contributed by atoms with van der Waals surface area (Å²) in [4.78, 5) is 22.0. The first-order valence-corrected chi connectivity index (χ1v) is 6.94. The first-order valence-electron chi connectivity index (χ1n) is 6.54. The molecule has 25 heavy (non-hydrogen) atoms. The Hall–Kier alpha value is -2.95. The minimum atomic E-state index is -4.50. The lowest BCUT2D eigenvalue weighted by molar-refractivity contribution is -0.385. The van der Waals surface area contributed by atoms with Crippen LogP contribution in [0.3, 0.4) is 0 Å². The number of rotatable bonds is 3. The van der Waals surface area contributed by atoms with Crippen molar-refractivity contribution in [2.24, 2.45) is 0 Å². The van der Waals surface area contributed by atoms with Crippen LogP contribution in [0, 0.1) is 10.1 Å². The van der Waals surface area contributed by atoms with Crippen molar-refractivity contribution >= 4 is 35.9 Å². The Kier molecular flexibility index (Phi) is 5.07. The summed E-state index contributed by atoms with van der Waals surface area (Å²) in [5.74, 6) is -0.585. The largest absolute Gasteiger partial charge is 0.502 e. The Bertz CT molecular complexity index is 812. The van der Waals surface area contributed by atoms with Crippen molar-refractivity contribution in [2.75, 3.05) is 9.62 Å². The summed E-state index contributed by atoms with van der Waals surface area (Å²) < 4.78 is 38.2.